The Labute approximate surface area is 215 Å². The van der Waals surface area contributed by atoms with E-state index < -0.39 is 6.10 Å². The lowest BCUT2D eigenvalue weighted by Crippen LogP contribution is -2.49. The first-order valence-corrected chi connectivity index (χ1v) is 12.3. The number of fused-ring (bicyclic) bond motifs is 1. The smallest absolute Gasteiger partial charge is 0.291 e. The topological polar surface area (TPSA) is 84.3 Å². The molecule has 1 N–H and O–H groups in total. The fraction of sp³-hybridized carbons (Fsp3) is 0.241. The van der Waals surface area contributed by atoms with Gasteiger partial charge in [0.05, 0.1) is 12.8 Å². The third-order valence-electron chi connectivity index (χ3n) is 6.46. The van der Waals surface area contributed by atoms with Gasteiger partial charge in [0.25, 0.3) is 11.8 Å². The standard InChI is InChI=1S/C29H29N3O5/c1-20(36-21-10-4-3-5-11-21)28(33)30-26-22-12-6-8-14-24(22)37-27(26)29(34)32-18-16-31(17-19-32)23-13-7-9-15-25(23)35-2/h3-15,20H,16-19H2,1-2H3,(H,30,33)/t20-/m0/s1. The molecule has 1 aliphatic heterocycles. The molecule has 1 atom stereocenters. The van der Waals surface area contributed by atoms with Gasteiger partial charge >= 0.3 is 0 Å². The summed E-state index contributed by atoms with van der Waals surface area (Å²) >= 11 is 0. The van der Waals surface area contributed by atoms with E-state index in [1.54, 1.807) is 37.1 Å². The minimum Gasteiger partial charge on any atom is -0.495 e. The molecule has 190 valence electrons. The van der Waals surface area contributed by atoms with E-state index in [-0.39, 0.29) is 17.6 Å². The van der Waals surface area contributed by atoms with Gasteiger partial charge in [-0.25, -0.2) is 0 Å². The number of ether oxygens (including phenoxy) is 2. The van der Waals surface area contributed by atoms with Gasteiger partial charge in [0.2, 0.25) is 5.76 Å². The number of hydrogen-bond donors (Lipinski definition) is 1. The first-order chi connectivity index (χ1) is 18.0. The van der Waals surface area contributed by atoms with Crippen molar-refractivity contribution in [3.63, 3.8) is 0 Å². The number of carbonyl (C=O) groups is 2. The summed E-state index contributed by atoms with van der Waals surface area (Å²) in [7, 11) is 1.65. The largest absolute Gasteiger partial charge is 0.495 e. The second kappa shape index (κ2) is 10.7. The molecule has 0 spiro atoms. The summed E-state index contributed by atoms with van der Waals surface area (Å²) in [5, 5.41) is 3.56. The van der Waals surface area contributed by atoms with Gasteiger partial charge < -0.3 is 29.0 Å². The van der Waals surface area contributed by atoms with Crippen molar-refractivity contribution in [3.05, 3.63) is 84.6 Å². The highest BCUT2D eigenvalue weighted by Crippen LogP contribution is 2.33. The molecular formula is C29H29N3O5. The number of anilines is 2. The maximum Gasteiger partial charge on any atom is 0.291 e. The van der Waals surface area contributed by atoms with Crippen LogP contribution in [0.3, 0.4) is 0 Å². The van der Waals surface area contributed by atoms with Crippen molar-refractivity contribution in [3.8, 4) is 11.5 Å². The number of carbonyl (C=O) groups excluding carboxylic acids is 2. The molecule has 2 amide bonds. The van der Waals surface area contributed by atoms with E-state index in [1.807, 2.05) is 60.7 Å². The zero-order chi connectivity index (χ0) is 25.8. The Kier molecular flexibility index (Phi) is 6.98. The monoisotopic (exact) mass is 499 g/mol. The molecule has 5 rings (SSSR count). The molecule has 1 fully saturated rings. The van der Waals surface area contributed by atoms with Crippen LogP contribution in [0.15, 0.2) is 83.3 Å². The first-order valence-electron chi connectivity index (χ1n) is 12.3. The van der Waals surface area contributed by atoms with Gasteiger partial charge in [-0.05, 0) is 43.3 Å². The molecule has 0 aliphatic carbocycles. The zero-order valence-electron chi connectivity index (χ0n) is 20.8. The summed E-state index contributed by atoms with van der Waals surface area (Å²) in [4.78, 5) is 30.6. The molecule has 0 bridgehead atoms. The van der Waals surface area contributed by atoms with Gasteiger partial charge in [-0.2, -0.15) is 0 Å². The Morgan fingerprint density at radius 3 is 2.32 bits per heavy atom. The normalized spacial score (nSPS) is 14.3. The Morgan fingerprint density at radius 2 is 1.57 bits per heavy atom. The predicted octanol–water partition coefficient (Wildman–Crippen LogP) is 4.81. The van der Waals surface area contributed by atoms with Crippen LogP contribution in [0.2, 0.25) is 0 Å². The highest BCUT2D eigenvalue weighted by Gasteiger charge is 2.30. The van der Waals surface area contributed by atoms with Crippen molar-refractivity contribution >= 4 is 34.2 Å². The summed E-state index contributed by atoms with van der Waals surface area (Å²) in [6.45, 7) is 3.98. The van der Waals surface area contributed by atoms with Crippen molar-refractivity contribution in [2.45, 2.75) is 13.0 Å². The number of para-hydroxylation sites is 4. The van der Waals surface area contributed by atoms with Crippen LogP contribution in [-0.2, 0) is 4.79 Å². The zero-order valence-corrected chi connectivity index (χ0v) is 20.8. The van der Waals surface area contributed by atoms with E-state index >= 15 is 0 Å². The van der Waals surface area contributed by atoms with E-state index in [9.17, 15) is 9.59 Å². The lowest BCUT2D eigenvalue weighted by atomic mass is 10.2. The first kappa shape index (κ1) is 24.2. The van der Waals surface area contributed by atoms with E-state index in [1.165, 1.54) is 0 Å². The number of methoxy groups -OCH3 is 1. The number of rotatable bonds is 7. The number of benzene rings is 3. The van der Waals surface area contributed by atoms with Gasteiger partial charge in [0.1, 0.15) is 22.8 Å². The Balaban J connectivity index is 1.33. The quantitative estimate of drug-likeness (QED) is 0.393. The molecule has 1 aliphatic rings. The van der Waals surface area contributed by atoms with E-state index in [0.29, 0.717) is 48.6 Å². The van der Waals surface area contributed by atoms with Crippen molar-refractivity contribution in [1.29, 1.82) is 0 Å². The van der Waals surface area contributed by atoms with Gasteiger partial charge in [-0.1, -0.05) is 42.5 Å². The van der Waals surface area contributed by atoms with Crippen LogP contribution in [0.1, 0.15) is 17.5 Å². The van der Waals surface area contributed by atoms with E-state index in [2.05, 4.69) is 10.2 Å². The molecule has 2 heterocycles. The van der Waals surface area contributed by atoms with Crippen molar-refractivity contribution in [1.82, 2.24) is 4.90 Å². The molecule has 0 radical (unpaired) electrons. The molecule has 0 saturated carbocycles. The number of nitrogens with one attached hydrogen (secondary N) is 1. The molecule has 3 aromatic carbocycles. The molecule has 8 heteroatoms. The van der Waals surface area contributed by atoms with Gasteiger partial charge in [0, 0.05) is 31.6 Å². The van der Waals surface area contributed by atoms with Crippen LogP contribution in [-0.4, -0.2) is 56.1 Å². The molecule has 8 nitrogen and oxygen atoms in total. The summed E-state index contributed by atoms with van der Waals surface area (Å²) in [6, 6.07) is 24.3. The van der Waals surface area contributed by atoms with Crippen LogP contribution >= 0.6 is 0 Å². The van der Waals surface area contributed by atoms with Crippen LogP contribution in [0.25, 0.3) is 11.0 Å². The van der Waals surface area contributed by atoms with Crippen LogP contribution in [0.4, 0.5) is 11.4 Å². The number of amides is 2. The lowest BCUT2D eigenvalue weighted by Gasteiger charge is -2.36. The molecule has 4 aromatic rings. The molecule has 1 saturated heterocycles. The maximum atomic E-state index is 13.6. The summed E-state index contributed by atoms with van der Waals surface area (Å²) < 4.78 is 17.3. The minimum atomic E-state index is -0.775. The third kappa shape index (κ3) is 5.09. The molecule has 37 heavy (non-hydrogen) atoms. The van der Waals surface area contributed by atoms with Gasteiger partial charge in [0.15, 0.2) is 6.10 Å². The minimum absolute atomic E-state index is 0.118. The van der Waals surface area contributed by atoms with Crippen LogP contribution in [0, 0.1) is 0 Å². The fourth-order valence-corrected chi connectivity index (χ4v) is 4.49. The lowest BCUT2D eigenvalue weighted by molar-refractivity contribution is -0.122. The van der Waals surface area contributed by atoms with Crippen LogP contribution in [0.5, 0.6) is 11.5 Å². The summed E-state index contributed by atoms with van der Waals surface area (Å²) in [5.41, 5.74) is 1.90. The van der Waals surface area contributed by atoms with Crippen molar-refractivity contribution in [2.24, 2.45) is 0 Å². The SMILES string of the molecule is COc1ccccc1N1CCN(C(=O)c2oc3ccccc3c2NC(=O)[C@H](C)Oc2ccccc2)CC1. The second-order valence-electron chi connectivity index (χ2n) is 8.82. The van der Waals surface area contributed by atoms with E-state index in [4.69, 9.17) is 13.9 Å². The maximum absolute atomic E-state index is 13.6. The highest BCUT2D eigenvalue weighted by atomic mass is 16.5. The number of furan rings is 1. The van der Waals surface area contributed by atoms with Gasteiger partial charge in [-0.3, -0.25) is 9.59 Å². The average molecular weight is 500 g/mol. The van der Waals surface area contributed by atoms with Crippen LogP contribution < -0.4 is 19.7 Å². The predicted molar refractivity (Wildman–Crippen MR) is 142 cm³/mol. The summed E-state index contributed by atoms with van der Waals surface area (Å²) in [6.07, 6.45) is -0.775. The van der Waals surface area contributed by atoms with Crippen molar-refractivity contribution < 1.29 is 23.5 Å². The molecular weight excluding hydrogens is 470 g/mol. The number of hydrogen-bond acceptors (Lipinski definition) is 6. The van der Waals surface area contributed by atoms with E-state index in [0.717, 1.165) is 11.4 Å². The summed E-state index contributed by atoms with van der Waals surface area (Å²) in [5.74, 6) is 0.878. The average Bonchev–Trinajstić information content (AvgIpc) is 3.31. The Morgan fingerprint density at radius 1 is 0.892 bits per heavy atom. The second-order valence-corrected chi connectivity index (χ2v) is 8.82. The Bertz CT molecular complexity index is 1390. The highest BCUT2D eigenvalue weighted by molar-refractivity contribution is 6.11. The third-order valence-corrected chi connectivity index (χ3v) is 6.46. The Hall–Kier alpha value is -4.46. The van der Waals surface area contributed by atoms with Gasteiger partial charge in [-0.15, -0.1) is 0 Å². The number of nitrogens with zero attached hydrogens (tertiary/aromatic N) is 2. The van der Waals surface area contributed by atoms with Crippen molar-refractivity contribution in [2.75, 3.05) is 43.5 Å². The molecule has 0 unspecified atom stereocenters. The molecule has 1 aromatic heterocycles. The number of piperazine rings is 1. The fourth-order valence-electron chi connectivity index (χ4n) is 4.49.